The minimum atomic E-state index is -3.46. The Labute approximate surface area is 183 Å². The number of nitrogens with one attached hydrogen (secondary N) is 2. The molecule has 2 N–H and O–H groups in total. The Hall–Kier alpha value is -2.74. The molecule has 0 saturated carbocycles. The summed E-state index contributed by atoms with van der Waals surface area (Å²) in [5.41, 5.74) is 3.23. The summed E-state index contributed by atoms with van der Waals surface area (Å²) in [5, 5.41) is 3.32. The van der Waals surface area contributed by atoms with Gasteiger partial charge in [-0.3, -0.25) is 4.98 Å². The summed E-state index contributed by atoms with van der Waals surface area (Å²) in [4.78, 5) is 4.61. The molecule has 1 aliphatic rings. The molecule has 4 rings (SSSR count). The fourth-order valence-electron chi connectivity index (χ4n) is 3.43. The van der Waals surface area contributed by atoms with E-state index >= 15 is 0 Å². The summed E-state index contributed by atoms with van der Waals surface area (Å²) in [7, 11) is -3.46. The molecule has 2 heterocycles. The second-order valence-electron chi connectivity index (χ2n) is 7.67. The third-order valence-corrected chi connectivity index (χ3v) is 6.82. The van der Waals surface area contributed by atoms with Crippen molar-refractivity contribution in [1.29, 1.82) is 0 Å². The summed E-state index contributed by atoms with van der Waals surface area (Å²) >= 11 is 0. The first-order chi connectivity index (χ1) is 15.1. The predicted octanol–water partition coefficient (Wildman–Crippen LogP) is 3.40. The van der Waals surface area contributed by atoms with Crippen LogP contribution in [0.1, 0.15) is 18.4 Å². The lowest BCUT2D eigenvalue weighted by Crippen LogP contribution is -2.46. The zero-order chi connectivity index (χ0) is 21.5. The van der Waals surface area contributed by atoms with Gasteiger partial charge in [0.25, 0.3) is 0 Å². The van der Waals surface area contributed by atoms with E-state index in [2.05, 4.69) is 33.2 Å². The molecule has 7 heteroatoms. The zero-order valence-electron chi connectivity index (χ0n) is 17.3. The van der Waals surface area contributed by atoms with Crippen LogP contribution in [-0.2, 0) is 16.4 Å². The maximum absolute atomic E-state index is 12.3. The maximum atomic E-state index is 12.3. The van der Waals surface area contributed by atoms with E-state index in [0.717, 1.165) is 41.8 Å². The highest BCUT2D eigenvalue weighted by Gasteiger charge is 2.17. The summed E-state index contributed by atoms with van der Waals surface area (Å²) < 4.78 is 33.1. The highest BCUT2D eigenvalue weighted by molar-refractivity contribution is 7.89. The van der Waals surface area contributed by atoms with Crippen LogP contribution in [-0.4, -0.2) is 39.1 Å². The minimum absolute atomic E-state index is 0.291. The van der Waals surface area contributed by atoms with Crippen molar-refractivity contribution >= 4 is 10.0 Å². The first-order valence-corrected chi connectivity index (χ1v) is 12.0. The molecule has 162 valence electrons. The first-order valence-electron chi connectivity index (χ1n) is 10.6. The predicted molar refractivity (Wildman–Crippen MR) is 122 cm³/mol. The number of aromatic nitrogens is 1. The Morgan fingerprint density at radius 3 is 2.65 bits per heavy atom. The molecule has 0 spiro atoms. The van der Waals surface area contributed by atoms with E-state index in [1.54, 1.807) is 36.5 Å². The highest BCUT2D eigenvalue weighted by Crippen LogP contribution is 2.24. The summed E-state index contributed by atoms with van der Waals surface area (Å²) in [5.74, 6) is 0.770. The van der Waals surface area contributed by atoms with Crippen LogP contribution in [0.3, 0.4) is 0 Å². The van der Waals surface area contributed by atoms with Crippen molar-refractivity contribution < 1.29 is 13.2 Å². The number of hydrogen-bond acceptors (Lipinski definition) is 5. The number of pyridine rings is 1. The molecule has 1 unspecified atom stereocenters. The van der Waals surface area contributed by atoms with Crippen molar-refractivity contribution in [1.82, 2.24) is 15.0 Å². The molecule has 1 fully saturated rings. The molecule has 1 aromatic heterocycles. The second kappa shape index (κ2) is 10.0. The van der Waals surface area contributed by atoms with Crippen LogP contribution in [0.5, 0.6) is 5.75 Å². The van der Waals surface area contributed by atoms with Gasteiger partial charge < -0.3 is 10.1 Å². The van der Waals surface area contributed by atoms with Gasteiger partial charge in [0.1, 0.15) is 12.4 Å². The molecule has 1 atom stereocenters. The first kappa shape index (κ1) is 21.5. The zero-order valence-corrected chi connectivity index (χ0v) is 18.1. The largest absolute Gasteiger partial charge is 0.490 e. The van der Waals surface area contributed by atoms with Gasteiger partial charge in [0.15, 0.2) is 0 Å². The van der Waals surface area contributed by atoms with Gasteiger partial charge in [-0.05, 0) is 55.1 Å². The van der Waals surface area contributed by atoms with Gasteiger partial charge in [0, 0.05) is 24.3 Å². The Morgan fingerprint density at radius 1 is 1.03 bits per heavy atom. The van der Waals surface area contributed by atoms with Crippen molar-refractivity contribution in [2.75, 3.05) is 19.7 Å². The summed E-state index contributed by atoms with van der Waals surface area (Å²) in [6.07, 6.45) is 6.22. The van der Waals surface area contributed by atoms with Crippen LogP contribution >= 0.6 is 0 Å². The fourth-order valence-corrected chi connectivity index (χ4v) is 4.53. The number of hydrogen-bond donors (Lipinski definition) is 2. The Kier molecular flexibility index (Phi) is 6.96. The van der Waals surface area contributed by atoms with E-state index in [9.17, 15) is 8.42 Å². The average molecular weight is 438 g/mol. The molecule has 0 amide bonds. The normalized spacial score (nSPS) is 15.9. The van der Waals surface area contributed by atoms with E-state index in [1.807, 2.05) is 18.3 Å². The highest BCUT2D eigenvalue weighted by atomic mass is 32.2. The number of nitrogens with zero attached hydrogens (tertiary/aromatic N) is 1. The monoisotopic (exact) mass is 437 g/mol. The van der Waals surface area contributed by atoms with Gasteiger partial charge in [0.2, 0.25) is 10.0 Å². The second-order valence-corrected chi connectivity index (χ2v) is 9.44. The van der Waals surface area contributed by atoms with Crippen LogP contribution in [0.25, 0.3) is 11.1 Å². The topological polar surface area (TPSA) is 80.3 Å². The fraction of sp³-hybridized carbons (Fsp3) is 0.292. The van der Waals surface area contributed by atoms with Crippen molar-refractivity contribution in [3.05, 3.63) is 78.6 Å². The lowest BCUT2D eigenvalue weighted by atomic mass is 10.0. The summed E-state index contributed by atoms with van der Waals surface area (Å²) in [6.45, 7) is 2.11. The van der Waals surface area contributed by atoms with Crippen molar-refractivity contribution in [3.8, 4) is 16.9 Å². The molecule has 1 aliphatic heterocycles. The number of benzene rings is 2. The molecule has 1 saturated heterocycles. The van der Waals surface area contributed by atoms with Crippen LogP contribution < -0.4 is 14.8 Å². The van der Waals surface area contributed by atoms with Crippen LogP contribution in [0.2, 0.25) is 0 Å². The standard InChI is InChI=1S/C24H27N3O3S/c28-31(29,24-9-2-1-3-10-24)27-12-5-7-19-6-4-8-20(14-19)21-15-23(17-25-16-21)30-18-22-11-13-26-22/h1-4,6,8-10,14-17,22,26-27H,5,7,11-13,18H2. The van der Waals surface area contributed by atoms with Crippen molar-refractivity contribution in [3.63, 3.8) is 0 Å². The number of rotatable bonds is 10. The van der Waals surface area contributed by atoms with Gasteiger partial charge >= 0.3 is 0 Å². The lowest BCUT2D eigenvalue weighted by molar-refractivity contribution is 0.217. The van der Waals surface area contributed by atoms with Crippen LogP contribution in [0, 0.1) is 0 Å². The Balaban J connectivity index is 1.32. The van der Waals surface area contributed by atoms with Gasteiger partial charge in [-0.1, -0.05) is 42.5 Å². The molecule has 0 bridgehead atoms. The van der Waals surface area contributed by atoms with E-state index < -0.39 is 10.0 Å². The average Bonchev–Trinajstić information content (AvgIpc) is 2.77. The molecule has 2 aromatic carbocycles. The molecule has 0 radical (unpaired) electrons. The molecular weight excluding hydrogens is 410 g/mol. The van der Waals surface area contributed by atoms with Crippen LogP contribution in [0.4, 0.5) is 0 Å². The van der Waals surface area contributed by atoms with Crippen molar-refractivity contribution in [2.24, 2.45) is 0 Å². The third kappa shape index (κ3) is 5.91. The van der Waals surface area contributed by atoms with E-state index in [0.29, 0.717) is 30.5 Å². The number of aryl methyl sites for hydroxylation is 1. The van der Waals surface area contributed by atoms with Gasteiger partial charge in [-0.25, -0.2) is 13.1 Å². The van der Waals surface area contributed by atoms with Gasteiger partial charge in [-0.15, -0.1) is 0 Å². The quantitative estimate of drug-likeness (QED) is 0.475. The molecular formula is C24H27N3O3S. The van der Waals surface area contributed by atoms with Gasteiger partial charge in [-0.2, -0.15) is 0 Å². The van der Waals surface area contributed by atoms with E-state index in [-0.39, 0.29) is 0 Å². The lowest BCUT2D eigenvalue weighted by Gasteiger charge is -2.27. The minimum Gasteiger partial charge on any atom is -0.490 e. The molecule has 0 aliphatic carbocycles. The number of sulfonamides is 1. The Bertz CT molecular complexity index is 1100. The molecule has 31 heavy (non-hydrogen) atoms. The van der Waals surface area contributed by atoms with Crippen molar-refractivity contribution in [2.45, 2.75) is 30.2 Å². The SMILES string of the molecule is O=S(=O)(NCCCc1cccc(-c2cncc(OCC3CCN3)c2)c1)c1ccccc1. The smallest absolute Gasteiger partial charge is 0.240 e. The van der Waals surface area contributed by atoms with E-state index in [1.165, 1.54) is 0 Å². The maximum Gasteiger partial charge on any atom is 0.240 e. The van der Waals surface area contributed by atoms with Crippen LogP contribution in [0.15, 0.2) is 78.0 Å². The molecule has 6 nitrogen and oxygen atoms in total. The van der Waals surface area contributed by atoms with Gasteiger partial charge in [0.05, 0.1) is 11.1 Å². The third-order valence-electron chi connectivity index (χ3n) is 5.34. The molecule has 3 aromatic rings. The van der Waals surface area contributed by atoms with E-state index in [4.69, 9.17) is 4.74 Å². The number of ether oxygens (including phenoxy) is 1. The summed E-state index contributed by atoms with van der Waals surface area (Å²) in [6, 6.07) is 19.1. The Morgan fingerprint density at radius 2 is 1.87 bits per heavy atom.